The van der Waals surface area contributed by atoms with Crippen molar-refractivity contribution in [3.63, 3.8) is 0 Å². The van der Waals surface area contributed by atoms with E-state index in [0.29, 0.717) is 18.7 Å². The molecule has 0 radical (unpaired) electrons. The van der Waals surface area contributed by atoms with Gasteiger partial charge in [-0.15, -0.1) is 35.3 Å². The minimum absolute atomic E-state index is 0. The number of rotatable bonds is 6. The van der Waals surface area contributed by atoms with Gasteiger partial charge in [0.25, 0.3) is 5.91 Å². The first-order valence-electron chi connectivity index (χ1n) is 9.43. The molecule has 1 saturated heterocycles. The molecule has 0 aliphatic carbocycles. The van der Waals surface area contributed by atoms with Crippen LogP contribution in [-0.2, 0) is 0 Å². The molecule has 2 aromatic rings. The summed E-state index contributed by atoms with van der Waals surface area (Å²) in [7, 11) is 0. The van der Waals surface area contributed by atoms with E-state index in [9.17, 15) is 4.79 Å². The van der Waals surface area contributed by atoms with Crippen LogP contribution in [-0.4, -0.2) is 62.6 Å². The standard InChI is InChI=1S/C20H27N5OS.HI/c1-2-21-20(23-11-10-22-19(26)17-7-4-3-5-8-17)25-14-12-24(13-15-25)18-9-6-16-27-18;/h3-9,16H,2,10-15H2,1H3,(H,21,23)(H,22,26);1H. The first-order chi connectivity index (χ1) is 13.3. The fourth-order valence-electron chi connectivity index (χ4n) is 3.04. The average Bonchev–Trinajstić information content (AvgIpc) is 3.26. The molecule has 6 nitrogen and oxygen atoms in total. The monoisotopic (exact) mass is 513 g/mol. The molecule has 28 heavy (non-hydrogen) atoms. The largest absolute Gasteiger partial charge is 0.360 e. The predicted molar refractivity (Wildman–Crippen MR) is 128 cm³/mol. The highest BCUT2D eigenvalue weighted by atomic mass is 127. The number of anilines is 1. The molecule has 3 rings (SSSR count). The molecule has 152 valence electrons. The highest BCUT2D eigenvalue weighted by Crippen LogP contribution is 2.22. The van der Waals surface area contributed by atoms with Crippen LogP contribution in [0.5, 0.6) is 0 Å². The van der Waals surface area contributed by atoms with Crippen LogP contribution in [0.1, 0.15) is 17.3 Å². The van der Waals surface area contributed by atoms with Gasteiger partial charge in [-0.2, -0.15) is 0 Å². The molecule has 2 N–H and O–H groups in total. The number of thiophene rings is 1. The van der Waals surface area contributed by atoms with E-state index in [0.717, 1.165) is 38.7 Å². The maximum Gasteiger partial charge on any atom is 0.251 e. The van der Waals surface area contributed by atoms with Crippen molar-refractivity contribution >= 4 is 52.2 Å². The number of amides is 1. The van der Waals surface area contributed by atoms with Crippen molar-refractivity contribution in [2.75, 3.05) is 50.7 Å². The minimum Gasteiger partial charge on any atom is -0.360 e. The zero-order valence-corrected chi connectivity index (χ0v) is 19.3. The summed E-state index contributed by atoms with van der Waals surface area (Å²) in [6.07, 6.45) is 0. The molecule has 2 heterocycles. The first kappa shape index (κ1) is 22.5. The second-order valence-electron chi connectivity index (χ2n) is 6.28. The fourth-order valence-corrected chi connectivity index (χ4v) is 3.82. The van der Waals surface area contributed by atoms with E-state index in [1.807, 2.05) is 30.3 Å². The molecule has 1 amide bonds. The van der Waals surface area contributed by atoms with Gasteiger partial charge in [0.1, 0.15) is 0 Å². The third-order valence-electron chi connectivity index (χ3n) is 4.43. The smallest absolute Gasteiger partial charge is 0.251 e. The number of carbonyl (C=O) groups excluding carboxylic acids is 1. The normalized spacial score (nSPS) is 14.4. The maximum absolute atomic E-state index is 12.1. The highest BCUT2D eigenvalue weighted by Gasteiger charge is 2.20. The van der Waals surface area contributed by atoms with E-state index in [-0.39, 0.29) is 29.9 Å². The van der Waals surface area contributed by atoms with E-state index < -0.39 is 0 Å². The summed E-state index contributed by atoms with van der Waals surface area (Å²) < 4.78 is 0. The average molecular weight is 513 g/mol. The molecule has 0 saturated carbocycles. The fraction of sp³-hybridized carbons (Fsp3) is 0.400. The number of hydrogen-bond donors (Lipinski definition) is 2. The first-order valence-corrected chi connectivity index (χ1v) is 10.3. The number of nitrogens with one attached hydrogen (secondary N) is 2. The van der Waals surface area contributed by atoms with Gasteiger partial charge in [0, 0.05) is 44.8 Å². The number of piperazine rings is 1. The van der Waals surface area contributed by atoms with Crippen molar-refractivity contribution in [1.29, 1.82) is 0 Å². The molecule has 1 aliphatic rings. The molecule has 1 aromatic carbocycles. The quantitative estimate of drug-likeness (QED) is 0.270. The lowest BCUT2D eigenvalue weighted by Gasteiger charge is -2.37. The van der Waals surface area contributed by atoms with Crippen molar-refractivity contribution in [2.24, 2.45) is 4.99 Å². The topological polar surface area (TPSA) is 60.0 Å². The van der Waals surface area contributed by atoms with Gasteiger partial charge in [-0.25, -0.2) is 0 Å². The van der Waals surface area contributed by atoms with E-state index >= 15 is 0 Å². The maximum atomic E-state index is 12.1. The summed E-state index contributed by atoms with van der Waals surface area (Å²) in [5.74, 6) is 0.873. The summed E-state index contributed by atoms with van der Waals surface area (Å²) in [6, 6.07) is 13.5. The number of halogens is 1. The number of nitrogens with zero attached hydrogens (tertiary/aromatic N) is 3. The second kappa shape index (κ2) is 11.9. The SMILES string of the molecule is CCNC(=NCCNC(=O)c1ccccc1)N1CCN(c2cccs2)CC1.I. The van der Waals surface area contributed by atoms with Gasteiger partial charge in [-0.1, -0.05) is 18.2 Å². The van der Waals surface area contributed by atoms with Gasteiger partial charge in [0.2, 0.25) is 0 Å². The Bertz CT molecular complexity index is 730. The van der Waals surface area contributed by atoms with Crippen LogP contribution in [0.4, 0.5) is 5.00 Å². The Morgan fingerprint density at radius 2 is 1.82 bits per heavy atom. The van der Waals surface area contributed by atoms with Crippen LogP contribution in [0.2, 0.25) is 0 Å². The molecule has 1 fully saturated rings. The molecular formula is C20H28IN5OS. The van der Waals surface area contributed by atoms with E-state index in [1.165, 1.54) is 5.00 Å². The van der Waals surface area contributed by atoms with Crippen molar-refractivity contribution in [3.05, 3.63) is 53.4 Å². The number of carbonyl (C=O) groups is 1. The van der Waals surface area contributed by atoms with Gasteiger partial charge in [0.15, 0.2) is 5.96 Å². The molecule has 0 bridgehead atoms. The lowest BCUT2D eigenvalue weighted by Crippen LogP contribution is -2.52. The Labute approximate surface area is 188 Å². The second-order valence-corrected chi connectivity index (χ2v) is 7.21. The third-order valence-corrected chi connectivity index (χ3v) is 5.36. The van der Waals surface area contributed by atoms with Crippen LogP contribution >= 0.6 is 35.3 Å². The summed E-state index contributed by atoms with van der Waals surface area (Å²) in [5, 5.41) is 9.75. The number of aliphatic imine (C=N–C) groups is 1. The molecule has 1 aromatic heterocycles. The lowest BCUT2D eigenvalue weighted by atomic mass is 10.2. The zero-order valence-electron chi connectivity index (χ0n) is 16.1. The van der Waals surface area contributed by atoms with Crippen molar-refractivity contribution in [3.8, 4) is 0 Å². The van der Waals surface area contributed by atoms with Gasteiger partial charge < -0.3 is 20.4 Å². The Morgan fingerprint density at radius 3 is 2.46 bits per heavy atom. The third kappa shape index (κ3) is 6.37. The Kier molecular flexibility index (Phi) is 9.56. The molecule has 0 atom stereocenters. The highest BCUT2D eigenvalue weighted by molar-refractivity contribution is 14.0. The number of benzene rings is 1. The summed E-state index contributed by atoms with van der Waals surface area (Å²) >= 11 is 1.79. The van der Waals surface area contributed by atoms with Crippen LogP contribution in [0.15, 0.2) is 52.8 Å². The van der Waals surface area contributed by atoms with E-state index in [4.69, 9.17) is 4.99 Å². The molecular weight excluding hydrogens is 485 g/mol. The Hall–Kier alpha value is -1.81. The van der Waals surface area contributed by atoms with Gasteiger partial charge in [-0.05, 0) is 36.6 Å². The summed E-state index contributed by atoms with van der Waals surface area (Å²) in [4.78, 5) is 21.5. The zero-order chi connectivity index (χ0) is 18.9. The van der Waals surface area contributed by atoms with Gasteiger partial charge in [0.05, 0.1) is 11.5 Å². The van der Waals surface area contributed by atoms with Crippen LogP contribution in [0, 0.1) is 0 Å². The summed E-state index contributed by atoms with van der Waals surface area (Å²) in [6.45, 7) is 7.88. The Morgan fingerprint density at radius 1 is 1.07 bits per heavy atom. The van der Waals surface area contributed by atoms with E-state index in [2.05, 4.69) is 44.9 Å². The van der Waals surface area contributed by atoms with Crippen LogP contribution < -0.4 is 15.5 Å². The number of hydrogen-bond acceptors (Lipinski definition) is 4. The Balaban J connectivity index is 0.00000280. The van der Waals surface area contributed by atoms with Gasteiger partial charge in [-0.3, -0.25) is 9.79 Å². The molecule has 0 spiro atoms. The predicted octanol–water partition coefficient (Wildman–Crippen LogP) is 2.88. The lowest BCUT2D eigenvalue weighted by molar-refractivity contribution is 0.0955. The molecule has 1 aliphatic heterocycles. The van der Waals surface area contributed by atoms with Crippen molar-refractivity contribution < 1.29 is 4.79 Å². The summed E-state index contributed by atoms with van der Waals surface area (Å²) in [5.41, 5.74) is 0.679. The van der Waals surface area contributed by atoms with E-state index in [1.54, 1.807) is 11.3 Å². The molecule has 8 heteroatoms. The number of guanidine groups is 1. The van der Waals surface area contributed by atoms with Crippen molar-refractivity contribution in [1.82, 2.24) is 15.5 Å². The van der Waals surface area contributed by atoms with Crippen molar-refractivity contribution in [2.45, 2.75) is 6.92 Å². The van der Waals surface area contributed by atoms with Gasteiger partial charge >= 0.3 is 0 Å². The van der Waals surface area contributed by atoms with Crippen LogP contribution in [0.25, 0.3) is 0 Å². The molecule has 0 unspecified atom stereocenters. The van der Waals surface area contributed by atoms with Crippen LogP contribution in [0.3, 0.4) is 0 Å². The minimum atomic E-state index is -0.0552.